The second-order valence-corrected chi connectivity index (χ2v) is 5.08. The lowest BCUT2D eigenvalue weighted by Gasteiger charge is -2.16. The van der Waals surface area contributed by atoms with E-state index in [9.17, 15) is 0 Å². The van der Waals surface area contributed by atoms with Gasteiger partial charge in [-0.05, 0) is 32.4 Å². The van der Waals surface area contributed by atoms with E-state index in [0.717, 1.165) is 22.9 Å². The van der Waals surface area contributed by atoms with Gasteiger partial charge in [-0.15, -0.1) is 0 Å². The van der Waals surface area contributed by atoms with Gasteiger partial charge >= 0.3 is 0 Å². The smallest absolute Gasteiger partial charge is 0.203 e. The van der Waals surface area contributed by atoms with Crippen molar-refractivity contribution < 1.29 is 4.74 Å². The predicted molar refractivity (Wildman–Crippen MR) is 79.9 cm³/mol. The van der Waals surface area contributed by atoms with Crippen LogP contribution in [0.5, 0.6) is 0 Å². The Morgan fingerprint density at radius 2 is 2.10 bits per heavy atom. The van der Waals surface area contributed by atoms with Crippen molar-refractivity contribution in [3.8, 4) is 0 Å². The maximum Gasteiger partial charge on any atom is 0.203 e. The van der Waals surface area contributed by atoms with E-state index in [1.807, 2.05) is 32.3 Å². The number of rotatable bonds is 6. The van der Waals surface area contributed by atoms with Gasteiger partial charge in [-0.3, -0.25) is 4.98 Å². The minimum Gasteiger partial charge on any atom is -0.383 e. The molecule has 0 radical (unpaired) electrons. The summed E-state index contributed by atoms with van der Waals surface area (Å²) >= 11 is 0. The predicted octanol–water partition coefficient (Wildman–Crippen LogP) is 2.71. The van der Waals surface area contributed by atoms with Crippen LogP contribution in [-0.2, 0) is 11.3 Å². The van der Waals surface area contributed by atoms with Crippen LogP contribution in [0, 0.1) is 13.8 Å². The summed E-state index contributed by atoms with van der Waals surface area (Å²) in [7, 11) is 1.71. The number of imidazole rings is 1. The fraction of sp³-hybridized carbons (Fsp3) is 0.467. The minimum absolute atomic E-state index is 0.250. The molecule has 1 unspecified atom stereocenters. The standard InChI is InChI=1S/C15H22N4O/c1-11-5-6-14(7-16-11)8-17-15-18-12(2)9-19(15)13(3)10-20-4/h5-7,9,13H,8,10H2,1-4H3,(H,17,18). The Morgan fingerprint density at radius 3 is 2.75 bits per heavy atom. The van der Waals surface area contributed by atoms with Crippen LogP contribution in [-0.4, -0.2) is 28.3 Å². The number of ether oxygens (including phenoxy) is 1. The van der Waals surface area contributed by atoms with Gasteiger partial charge in [0.05, 0.1) is 18.3 Å². The first-order chi connectivity index (χ1) is 9.60. The molecular weight excluding hydrogens is 252 g/mol. The van der Waals surface area contributed by atoms with Crippen molar-refractivity contribution in [3.63, 3.8) is 0 Å². The summed E-state index contributed by atoms with van der Waals surface area (Å²) in [5, 5.41) is 3.37. The SMILES string of the molecule is COCC(C)n1cc(C)nc1NCc1ccc(C)nc1. The van der Waals surface area contributed by atoms with Crippen molar-refractivity contribution in [1.82, 2.24) is 14.5 Å². The van der Waals surface area contributed by atoms with E-state index >= 15 is 0 Å². The van der Waals surface area contributed by atoms with Crippen LogP contribution in [0.15, 0.2) is 24.5 Å². The zero-order valence-electron chi connectivity index (χ0n) is 12.6. The molecule has 0 amide bonds. The summed E-state index contributed by atoms with van der Waals surface area (Å²) in [6.45, 7) is 7.47. The van der Waals surface area contributed by atoms with E-state index < -0.39 is 0 Å². The Hall–Kier alpha value is -1.88. The first-order valence-electron chi connectivity index (χ1n) is 6.80. The van der Waals surface area contributed by atoms with Gasteiger partial charge in [0, 0.05) is 31.7 Å². The number of nitrogens with one attached hydrogen (secondary N) is 1. The van der Waals surface area contributed by atoms with Crippen molar-refractivity contribution in [2.45, 2.75) is 33.4 Å². The zero-order valence-corrected chi connectivity index (χ0v) is 12.6. The first-order valence-corrected chi connectivity index (χ1v) is 6.80. The van der Waals surface area contributed by atoms with E-state index in [2.05, 4.69) is 32.8 Å². The number of aromatic nitrogens is 3. The highest BCUT2D eigenvalue weighted by Crippen LogP contribution is 2.17. The number of hydrogen-bond donors (Lipinski definition) is 1. The lowest BCUT2D eigenvalue weighted by Crippen LogP contribution is -2.14. The van der Waals surface area contributed by atoms with Crippen LogP contribution < -0.4 is 5.32 Å². The molecule has 108 valence electrons. The number of pyridine rings is 1. The van der Waals surface area contributed by atoms with Gasteiger partial charge in [0.1, 0.15) is 0 Å². The van der Waals surface area contributed by atoms with Crippen molar-refractivity contribution in [2.75, 3.05) is 19.0 Å². The van der Waals surface area contributed by atoms with E-state index in [4.69, 9.17) is 4.74 Å². The van der Waals surface area contributed by atoms with Gasteiger partial charge in [-0.1, -0.05) is 6.07 Å². The summed E-state index contributed by atoms with van der Waals surface area (Å²) in [5.74, 6) is 0.868. The molecule has 0 aromatic carbocycles. The summed E-state index contributed by atoms with van der Waals surface area (Å²) in [5.41, 5.74) is 3.17. The van der Waals surface area contributed by atoms with E-state index in [1.165, 1.54) is 0 Å². The van der Waals surface area contributed by atoms with Gasteiger partial charge in [0.25, 0.3) is 0 Å². The fourth-order valence-corrected chi connectivity index (χ4v) is 2.09. The molecule has 0 bridgehead atoms. The average Bonchev–Trinajstić information content (AvgIpc) is 2.80. The summed E-state index contributed by atoms with van der Waals surface area (Å²) in [6, 6.07) is 4.34. The highest BCUT2D eigenvalue weighted by molar-refractivity contribution is 5.31. The molecule has 0 fully saturated rings. The van der Waals surface area contributed by atoms with Gasteiger partial charge in [0.15, 0.2) is 0 Å². The van der Waals surface area contributed by atoms with E-state index in [-0.39, 0.29) is 6.04 Å². The number of hydrogen-bond acceptors (Lipinski definition) is 4. The quantitative estimate of drug-likeness (QED) is 0.880. The van der Waals surface area contributed by atoms with Crippen LogP contribution in [0.4, 0.5) is 5.95 Å². The Morgan fingerprint density at radius 1 is 1.30 bits per heavy atom. The molecule has 2 aromatic heterocycles. The molecular formula is C15H22N4O. The summed E-state index contributed by atoms with van der Waals surface area (Å²) < 4.78 is 7.32. The first kappa shape index (κ1) is 14.5. The lowest BCUT2D eigenvalue weighted by atomic mass is 10.2. The highest BCUT2D eigenvalue weighted by Gasteiger charge is 2.11. The van der Waals surface area contributed by atoms with Gasteiger partial charge < -0.3 is 14.6 Å². The second-order valence-electron chi connectivity index (χ2n) is 5.08. The minimum atomic E-state index is 0.250. The van der Waals surface area contributed by atoms with Gasteiger partial charge in [-0.25, -0.2) is 4.98 Å². The molecule has 0 aliphatic rings. The Kier molecular flexibility index (Phi) is 4.74. The van der Waals surface area contributed by atoms with Crippen molar-refractivity contribution in [3.05, 3.63) is 41.5 Å². The molecule has 0 saturated heterocycles. The molecule has 2 aromatic rings. The molecule has 2 rings (SSSR count). The van der Waals surface area contributed by atoms with Crippen molar-refractivity contribution in [2.24, 2.45) is 0 Å². The van der Waals surface area contributed by atoms with Crippen molar-refractivity contribution >= 4 is 5.95 Å². The van der Waals surface area contributed by atoms with Crippen molar-refractivity contribution in [1.29, 1.82) is 0 Å². The van der Waals surface area contributed by atoms with Crippen LogP contribution >= 0.6 is 0 Å². The molecule has 5 heteroatoms. The largest absolute Gasteiger partial charge is 0.383 e. The Labute approximate surface area is 120 Å². The lowest BCUT2D eigenvalue weighted by molar-refractivity contribution is 0.163. The van der Waals surface area contributed by atoms with Crippen LogP contribution in [0.3, 0.4) is 0 Å². The Balaban J connectivity index is 2.07. The Bertz CT molecular complexity index is 548. The van der Waals surface area contributed by atoms with Gasteiger partial charge in [-0.2, -0.15) is 0 Å². The molecule has 1 N–H and O–H groups in total. The molecule has 20 heavy (non-hydrogen) atoms. The van der Waals surface area contributed by atoms with E-state index in [0.29, 0.717) is 13.2 Å². The monoisotopic (exact) mass is 274 g/mol. The average molecular weight is 274 g/mol. The highest BCUT2D eigenvalue weighted by atomic mass is 16.5. The molecule has 0 spiro atoms. The number of nitrogens with zero attached hydrogens (tertiary/aromatic N) is 3. The van der Waals surface area contributed by atoms with Crippen LogP contribution in [0.2, 0.25) is 0 Å². The molecule has 5 nitrogen and oxygen atoms in total. The number of aryl methyl sites for hydroxylation is 2. The van der Waals surface area contributed by atoms with Gasteiger partial charge in [0.2, 0.25) is 5.95 Å². The van der Waals surface area contributed by atoms with E-state index in [1.54, 1.807) is 7.11 Å². The molecule has 0 aliphatic heterocycles. The third kappa shape index (κ3) is 3.57. The summed E-state index contributed by atoms with van der Waals surface area (Å²) in [6.07, 6.45) is 3.93. The number of anilines is 1. The molecule has 1 atom stereocenters. The maximum atomic E-state index is 5.21. The maximum absolute atomic E-state index is 5.21. The van der Waals surface area contributed by atoms with Crippen LogP contribution in [0.25, 0.3) is 0 Å². The van der Waals surface area contributed by atoms with Crippen LogP contribution in [0.1, 0.15) is 29.9 Å². The molecule has 0 saturated carbocycles. The number of methoxy groups -OCH3 is 1. The third-order valence-electron chi connectivity index (χ3n) is 3.16. The fourth-order valence-electron chi connectivity index (χ4n) is 2.09. The zero-order chi connectivity index (χ0) is 14.5. The second kappa shape index (κ2) is 6.52. The molecule has 2 heterocycles. The topological polar surface area (TPSA) is 52.0 Å². The normalized spacial score (nSPS) is 12.4. The summed E-state index contributed by atoms with van der Waals surface area (Å²) in [4.78, 5) is 8.82. The third-order valence-corrected chi connectivity index (χ3v) is 3.16. The molecule has 0 aliphatic carbocycles.